The number of rotatable bonds is 6. The smallest absolute Gasteiger partial charge is 0.128 e. The highest BCUT2D eigenvalue weighted by Crippen LogP contribution is 2.11. The van der Waals surface area contributed by atoms with E-state index in [4.69, 9.17) is 0 Å². The molecule has 1 rings (SSSR count). The van der Waals surface area contributed by atoms with Gasteiger partial charge in [-0.15, -0.1) is 0 Å². The van der Waals surface area contributed by atoms with Gasteiger partial charge in [-0.05, 0) is 45.3 Å². The van der Waals surface area contributed by atoms with E-state index in [1.165, 1.54) is 5.56 Å². The number of hydrogen-bond donors (Lipinski definition) is 1. The molecule has 0 saturated carbocycles. The fraction of sp³-hybridized carbons (Fsp3) is 0.692. The van der Waals surface area contributed by atoms with Crippen LogP contribution in [0.15, 0.2) is 0 Å². The molecule has 0 bridgehead atoms. The summed E-state index contributed by atoms with van der Waals surface area (Å²) in [6.45, 7) is 10.5. The van der Waals surface area contributed by atoms with Gasteiger partial charge in [0.1, 0.15) is 5.82 Å². The second-order valence-corrected chi connectivity index (χ2v) is 4.14. The monoisotopic (exact) mass is 221 g/mol. The molecule has 1 heterocycles. The first-order valence-corrected chi connectivity index (χ1v) is 6.22. The molecule has 1 N–H and O–H groups in total. The Morgan fingerprint density at radius 2 is 1.62 bits per heavy atom. The molecule has 0 radical (unpaired) electrons. The third-order valence-electron chi connectivity index (χ3n) is 2.74. The van der Waals surface area contributed by atoms with E-state index in [2.05, 4.69) is 43.0 Å². The van der Waals surface area contributed by atoms with Gasteiger partial charge in [0.25, 0.3) is 0 Å². The molecule has 0 unspecified atom stereocenters. The number of aromatic nitrogens is 2. The quantitative estimate of drug-likeness (QED) is 0.748. The maximum atomic E-state index is 4.56. The number of hydrogen-bond acceptors (Lipinski definition) is 3. The molecule has 3 nitrogen and oxygen atoms in total. The minimum absolute atomic E-state index is 0.981. The lowest BCUT2D eigenvalue weighted by atomic mass is 10.1. The van der Waals surface area contributed by atoms with Crippen molar-refractivity contribution >= 4 is 0 Å². The Hall–Kier alpha value is -0.960. The lowest BCUT2D eigenvalue weighted by molar-refractivity contribution is 0.702. The summed E-state index contributed by atoms with van der Waals surface area (Å²) in [4.78, 5) is 9.13. The molecule has 16 heavy (non-hydrogen) atoms. The summed E-state index contributed by atoms with van der Waals surface area (Å²) < 4.78 is 0. The van der Waals surface area contributed by atoms with Gasteiger partial charge < -0.3 is 5.32 Å². The number of nitrogens with one attached hydrogen (secondary N) is 1. The molecule has 0 amide bonds. The zero-order valence-corrected chi connectivity index (χ0v) is 10.9. The van der Waals surface area contributed by atoms with Crippen LogP contribution < -0.4 is 5.32 Å². The lowest BCUT2D eigenvalue weighted by Gasteiger charge is -2.10. The molecule has 0 spiro atoms. The zero-order valence-electron chi connectivity index (χ0n) is 10.9. The Morgan fingerprint density at radius 1 is 1.00 bits per heavy atom. The van der Waals surface area contributed by atoms with Crippen molar-refractivity contribution in [2.75, 3.05) is 13.1 Å². The average Bonchev–Trinajstić information content (AvgIpc) is 2.23. The fourth-order valence-corrected chi connectivity index (χ4v) is 1.90. The van der Waals surface area contributed by atoms with Crippen LogP contribution in [-0.4, -0.2) is 23.1 Å². The predicted molar refractivity (Wildman–Crippen MR) is 67.7 cm³/mol. The van der Waals surface area contributed by atoms with Gasteiger partial charge in [-0.1, -0.05) is 13.8 Å². The Kier molecular flexibility index (Phi) is 5.39. The van der Waals surface area contributed by atoms with Crippen molar-refractivity contribution in [3.8, 4) is 0 Å². The highest BCUT2D eigenvalue weighted by atomic mass is 14.9. The van der Waals surface area contributed by atoms with E-state index in [1.807, 2.05) is 0 Å². The van der Waals surface area contributed by atoms with Crippen molar-refractivity contribution < 1.29 is 0 Å². The van der Waals surface area contributed by atoms with Crippen LogP contribution in [0.25, 0.3) is 0 Å². The molecular formula is C13H23N3. The van der Waals surface area contributed by atoms with E-state index in [-0.39, 0.29) is 0 Å². The van der Waals surface area contributed by atoms with Crippen LogP contribution in [0, 0.1) is 13.8 Å². The SMILES string of the molecule is CCCc1nc(C)c(CCNCC)c(C)n1. The second-order valence-electron chi connectivity index (χ2n) is 4.14. The van der Waals surface area contributed by atoms with E-state index >= 15 is 0 Å². The highest BCUT2D eigenvalue weighted by molar-refractivity contribution is 5.24. The topological polar surface area (TPSA) is 37.8 Å². The van der Waals surface area contributed by atoms with Crippen LogP contribution in [0.1, 0.15) is 43.0 Å². The van der Waals surface area contributed by atoms with Gasteiger partial charge in [-0.2, -0.15) is 0 Å². The van der Waals surface area contributed by atoms with Crippen LogP contribution in [0.5, 0.6) is 0 Å². The Balaban J connectivity index is 2.77. The predicted octanol–water partition coefficient (Wildman–Crippen LogP) is 2.20. The van der Waals surface area contributed by atoms with Gasteiger partial charge in [0.15, 0.2) is 0 Å². The third-order valence-corrected chi connectivity index (χ3v) is 2.74. The van der Waals surface area contributed by atoms with Crippen molar-refractivity contribution in [3.63, 3.8) is 0 Å². The van der Waals surface area contributed by atoms with E-state index in [1.54, 1.807) is 0 Å². The van der Waals surface area contributed by atoms with Crippen LogP contribution in [0.4, 0.5) is 0 Å². The molecule has 0 atom stereocenters. The molecule has 1 aromatic rings. The van der Waals surface area contributed by atoms with Crippen molar-refractivity contribution in [2.45, 2.75) is 47.0 Å². The summed E-state index contributed by atoms with van der Waals surface area (Å²) in [6.07, 6.45) is 3.11. The van der Waals surface area contributed by atoms with E-state index in [0.29, 0.717) is 0 Å². The summed E-state index contributed by atoms with van der Waals surface area (Å²) in [5.41, 5.74) is 3.60. The number of aryl methyl sites for hydroxylation is 3. The molecule has 0 fully saturated rings. The minimum Gasteiger partial charge on any atom is -0.317 e. The summed E-state index contributed by atoms with van der Waals surface area (Å²) in [7, 11) is 0. The molecule has 0 aliphatic rings. The molecule has 90 valence electrons. The Labute approximate surface area is 98.7 Å². The zero-order chi connectivity index (χ0) is 12.0. The Morgan fingerprint density at radius 3 is 2.12 bits per heavy atom. The fourth-order valence-electron chi connectivity index (χ4n) is 1.90. The maximum Gasteiger partial charge on any atom is 0.128 e. The molecule has 0 saturated heterocycles. The van der Waals surface area contributed by atoms with Crippen molar-refractivity contribution in [1.82, 2.24) is 15.3 Å². The van der Waals surface area contributed by atoms with E-state index in [0.717, 1.165) is 49.6 Å². The van der Waals surface area contributed by atoms with Crippen LogP contribution >= 0.6 is 0 Å². The van der Waals surface area contributed by atoms with Gasteiger partial charge in [0.05, 0.1) is 0 Å². The molecule has 0 aliphatic carbocycles. The summed E-state index contributed by atoms with van der Waals surface area (Å²) in [5.74, 6) is 0.990. The van der Waals surface area contributed by atoms with Gasteiger partial charge in [-0.25, -0.2) is 9.97 Å². The highest BCUT2D eigenvalue weighted by Gasteiger charge is 2.07. The molecule has 1 aromatic heterocycles. The van der Waals surface area contributed by atoms with E-state index in [9.17, 15) is 0 Å². The van der Waals surface area contributed by atoms with Crippen molar-refractivity contribution in [1.29, 1.82) is 0 Å². The van der Waals surface area contributed by atoms with Crippen molar-refractivity contribution in [2.24, 2.45) is 0 Å². The maximum absolute atomic E-state index is 4.56. The molecule has 3 heteroatoms. The van der Waals surface area contributed by atoms with Gasteiger partial charge >= 0.3 is 0 Å². The molecule has 0 aliphatic heterocycles. The van der Waals surface area contributed by atoms with Gasteiger partial charge in [0.2, 0.25) is 0 Å². The first-order chi connectivity index (χ1) is 7.69. The van der Waals surface area contributed by atoms with Crippen LogP contribution in [0.3, 0.4) is 0 Å². The average molecular weight is 221 g/mol. The van der Waals surface area contributed by atoms with Crippen LogP contribution in [0.2, 0.25) is 0 Å². The summed E-state index contributed by atoms with van der Waals surface area (Å²) >= 11 is 0. The first kappa shape index (κ1) is 13.1. The standard InChI is InChI=1S/C13H23N3/c1-5-7-13-15-10(3)12(11(4)16-13)8-9-14-6-2/h14H,5-9H2,1-4H3. The summed E-state index contributed by atoms with van der Waals surface area (Å²) in [6, 6.07) is 0. The Bertz CT molecular complexity index is 311. The third kappa shape index (κ3) is 3.56. The molecular weight excluding hydrogens is 198 g/mol. The second kappa shape index (κ2) is 6.59. The van der Waals surface area contributed by atoms with E-state index < -0.39 is 0 Å². The summed E-state index contributed by atoms with van der Waals surface area (Å²) in [5, 5.41) is 3.34. The largest absolute Gasteiger partial charge is 0.317 e. The number of nitrogens with zero attached hydrogens (tertiary/aromatic N) is 2. The van der Waals surface area contributed by atoms with Crippen LogP contribution in [-0.2, 0) is 12.8 Å². The lowest BCUT2D eigenvalue weighted by Crippen LogP contribution is -2.18. The first-order valence-electron chi connectivity index (χ1n) is 6.22. The van der Waals surface area contributed by atoms with Gasteiger partial charge in [-0.3, -0.25) is 0 Å². The van der Waals surface area contributed by atoms with Gasteiger partial charge in [0, 0.05) is 17.8 Å². The normalized spacial score (nSPS) is 10.8. The van der Waals surface area contributed by atoms with Crippen molar-refractivity contribution in [3.05, 3.63) is 22.8 Å². The number of likely N-dealkylation sites (N-methyl/N-ethyl adjacent to an activating group) is 1. The minimum atomic E-state index is 0.981. The molecule has 0 aromatic carbocycles.